The van der Waals surface area contributed by atoms with Crippen LogP contribution in [0.2, 0.25) is 0 Å². The van der Waals surface area contributed by atoms with Crippen LogP contribution in [0.25, 0.3) is 0 Å². The maximum Gasteiger partial charge on any atom is 0.266 e. The summed E-state index contributed by atoms with van der Waals surface area (Å²) in [5.41, 5.74) is 0. The zero-order valence-corrected chi connectivity index (χ0v) is 15.4. The van der Waals surface area contributed by atoms with Gasteiger partial charge in [-0.1, -0.05) is 4.49 Å². The largest absolute Gasteiger partial charge is 0.333 e. The molecule has 1 N–H and O–H groups in total. The van der Waals surface area contributed by atoms with Crippen molar-refractivity contribution in [1.29, 1.82) is 0 Å². The van der Waals surface area contributed by atoms with E-state index in [1.54, 1.807) is 29.2 Å². The predicted octanol–water partition coefficient (Wildman–Crippen LogP) is 2.41. The number of likely N-dealkylation sites (tertiary alicyclic amines) is 1. The number of carbonyl (C=O) groups is 2. The normalized spacial score (nSPS) is 16.8. The highest BCUT2D eigenvalue weighted by Crippen LogP contribution is 2.36. The van der Waals surface area contributed by atoms with E-state index in [0.717, 1.165) is 35.8 Å². The van der Waals surface area contributed by atoms with E-state index in [-0.39, 0.29) is 24.4 Å². The molecule has 1 saturated heterocycles. The number of thiophene rings is 1. The van der Waals surface area contributed by atoms with Crippen molar-refractivity contribution in [3.05, 3.63) is 46.5 Å². The van der Waals surface area contributed by atoms with Crippen molar-refractivity contribution >= 4 is 39.7 Å². The van der Waals surface area contributed by atoms with Gasteiger partial charge in [-0.15, -0.1) is 16.4 Å². The van der Waals surface area contributed by atoms with Gasteiger partial charge in [0.05, 0.1) is 17.1 Å². The van der Waals surface area contributed by atoms with Gasteiger partial charge in [-0.2, -0.15) is 5.10 Å². The molecule has 0 radical (unpaired) electrons. The highest BCUT2D eigenvalue weighted by atomic mass is 32.1. The van der Waals surface area contributed by atoms with E-state index < -0.39 is 0 Å². The molecule has 0 bridgehead atoms. The van der Waals surface area contributed by atoms with Crippen LogP contribution >= 0.6 is 22.9 Å². The van der Waals surface area contributed by atoms with Gasteiger partial charge in [0.2, 0.25) is 5.91 Å². The zero-order valence-electron chi connectivity index (χ0n) is 13.7. The molecule has 1 fully saturated rings. The van der Waals surface area contributed by atoms with Gasteiger partial charge in [-0.05, 0) is 31.0 Å². The second-order valence-electron chi connectivity index (χ2n) is 5.89. The Morgan fingerprint density at radius 1 is 1.35 bits per heavy atom. The van der Waals surface area contributed by atoms with Crippen LogP contribution in [-0.2, 0) is 11.3 Å². The van der Waals surface area contributed by atoms with Crippen molar-refractivity contribution in [2.75, 3.05) is 11.9 Å². The fourth-order valence-corrected chi connectivity index (χ4v) is 4.50. The summed E-state index contributed by atoms with van der Waals surface area (Å²) >= 11 is 2.56. The number of amides is 2. The standard InChI is InChI=1S/C16H16N6O2S2/c23-15(10-21-7-2-6-18-21)22-8-1-3-11(22)12-4-5-13(25-12)16(24)19-14-9-17-20-26-14/h2,4-7,9,11H,1,3,8,10H2,(H,19,24). The van der Waals surface area contributed by atoms with Crippen molar-refractivity contribution in [3.63, 3.8) is 0 Å². The van der Waals surface area contributed by atoms with Crippen LogP contribution in [0.5, 0.6) is 0 Å². The van der Waals surface area contributed by atoms with Crippen molar-refractivity contribution in [3.8, 4) is 0 Å². The second kappa shape index (κ2) is 7.34. The predicted molar refractivity (Wildman–Crippen MR) is 98.1 cm³/mol. The molecule has 1 aliphatic heterocycles. The van der Waals surface area contributed by atoms with E-state index in [1.165, 1.54) is 17.5 Å². The van der Waals surface area contributed by atoms with Crippen LogP contribution in [-0.4, -0.2) is 42.6 Å². The van der Waals surface area contributed by atoms with Crippen molar-refractivity contribution in [2.24, 2.45) is 0 Å². The molecule has 10 heteroatoms. The minimum Gasteiger partial charge on any atom is -0.333 e. The summed E-state index contributed by atoms with van der Waals surface area (Å²) in [6.45, 7) is 0.970. The second-order valence-corrected chi connectivity index (χ2v) is 7.79. The summed E-state index contributed by atoms with van der Waals surface area (Å²) in [5.74, 6) is -0.133. The Labute approximate surface area is 157 Å². The fourth-order valence-electron chi connectivity index (χ4n) is 3.03. The van der Waals surface area contributed by atoms with Gasteiger partial charge in [-0.25, -0.2) is 0 Å². The van der Waals surface area contributed by atoms with Gasteiger partial charge in [0.15, 0.2) is 0 Å². The highest BCUT2D eigenvalue weighted by molar-refractivity contribution is 7.14. The number of aromatic nitrogens is 4. The fraction of sp³-hybridized carbons (Fsp3) is 0.312. The quantitative estimate of drug-likeness (QED) is 0.724. The number of hydrogen-bond donors (Lipinski definition) is 1. The monoisotopic (exact) mass is 388 g/mol. The van der Waals surface area contributed by atoms with Crippen molar-refractivity contribution in [1.82, 2.24) is 24.3 Å². The van der Waals surface area contributed by atoms with Gasteiger partial charge in [0.1, 0.15) is 11.5 Å². The molecule has 8 nitrogen and oxygen atoms in total. The third-order valence-corrected chi connectivity index (χ3v) is 5.97. The molecule has 2 amide bonds. The molecule has 0 aromatic carbocycles. The molecule has 1 unspecified atom stereocenters. The smallest absolute Gasteiger partial charge is 0.266 e. The molecule has 1 aliphatic rings. The number of nitrogens with one attached hydrogen (secondary N) is 1. The molecule has 0 aliphatic carbocycles. The lowest BCUT2D eigenvalue weighted by Gasteiger charge is -2.23. The highest BCUT2D eigenvalue weighted by Gasteiger charge is 2.31. The van der Waals surface area contributed by atoms with E-state index in [9.17, 15) is 9.59 Å². The van der Waals surface area contributed by atoms with E-state index in [0.29, 0.717) is 9.88 Å². The molecular formula is C16H16N6O2S2. The molecule has 1 atom stereocenters. The average Bonchev–Trinajstić information content (AvgIpc) is 3.39. The van der Waals surface area contributed by atoms with Crippen LogP contribution in [0.1, 0.15) is 33.4 Å². The van der Waals surface area contributed by atoms with Gasteiger partial charge < -0.3 is 10.2 Å². The SMILES string of the molecule is O=C(Nc1cnns1)c1ccc(C2CCCN2C(=O)Cn2cccn2)s1. The van der Waals surface area contributed by atoms with Gasteiger partial charge >= 0.3 is 0 Å². The lowest BCUT2D eigenvalue weighted by molar-refractivity contribution is -0.132. The van der Waals surface area contributed by atoms with Crippen LogP contribution in [0.3, 0.4) is 0 Å². The third-order valence-electron chi connectivity index (χ3n) is 4.21. The Morgan fingerprint density at radius 2 is 2.27 bits per heavy atom. The molecule has 4 rings (SSSR count). The Bertz CT molecular complexity index is 890. The van der Waals surface area contributed by atoms with Crippen LogP contribution in [0, 0.1) is 0 Å². The number of carbonyl (C=O) groups excluding carboxylic acids is 2. The summed E-state index contributed by atoms with van der Waals surface area (Å²) < 4.78 is 5.36. The summed E-state index contributed by atoms with van der Waals surface area (Å²) in [6, 6.07) is 5.57. The van der Waals surface area contributed by atoms with E-state index in [4.69, 9.17) is 0 Å². The molecule has 3 aromatic rings. The number of nitrogens with zero attached hydrogens (tertiary/aromatic N) is 5. The topological polar surface area (TPSA) is 93.0 Å². The van der Waals surface area contributed by atoms with Crippen molar-refractivity contribution < 1.29 is 9.59 Å². The van der Waals surface area contributed by atoms with E-state index in [1.807, 2.05) is 11.0 Å². The van der Waals surface area contributed by atoms with Gasteiger partial charge in [-0.3, -0.25) is 14.3 Å². The molecule has 0 spiro atoms. The zero-order chi connectivity index (χ0) is 17.9. The average molecular weight is 388 g/mol. The molecule has 3 aromatic heterocycles. The number of rotatable bonds is 5. The summed E-state index contributed by atoms with van der Waals surface area (Å²) in [6.07, 6.45) is 6.83. The first kappa shape index (κ1) is 16.9. The first-order valence-corrected chi connectivity index (χ1v) is 9.75. The Balaban J connectivity index is 1.45. The maximum absolute atomic E-state index is 12.6. The summed E-state index contributed by atoms with van der Waals surface area (Å²) in [5, 5.41) is 11.2. The Hall–Kier alpha value is -2.59. The van der Waals surface area contributed by atoms with Gasteiger partial charge in [0, 0.05) is 35.3 Å². The maximum atomic E-state index is 12.6. The van der Waals surface area contributed by atoms with Crippen LogP contribution in [0.4, 0.5) is 5.00 Å². The first-order chi connectivity index (χ1) is 12.7. The van der Waals surface area contributed by atoms with E-state index in [2.05, 4.69) is 20.0 Å². The molecular weight excluding hydrogens is 372 g/mol. The Morgan fingerprint density at radius 3 is 3.04 bits per heavy atom. The van der Waals surface area contributed by atoms with Gasteiger partial charge in [0.25, 0.3) is 5.91 Å². The summed E-state index contributed by atoms with van der Waals surface area (Å²) in [7, 11) is 0. The van der Waals surface area contributed by atoms with Crippen molar-refractivity contribution in [2.45, 2.75) is 25.4 Å². The van der Waals surface area contributed by atoms with Crippen LogP contribution < -0.4 is 5.32 Å². The Kier molecular flexibility index (Phi) is 4.76. The number of hydrogen-bond acceptors (Lipinski definition) is 7. The van der Waals surface area contributed by atoms with E-state index >= 15 is 0 Å². The first-order valence-electron chi connectivity index (χ1n) is 8.16. The molecule has 0 saturated carbocycles. The summed E-state index contributed by atoms with van der Waals surface area (Å²) in [4.78, 5) is 28.5. The molecule has 4 heterocycles. The lowest BCUT2D eigenvalue weighted by atomic mass is 10.2. The van der Waals surface area contributed by atoms with Crippen LogP contribution in [0.15, 0.2) is 36.8 Å². The number of anilines is 1. The minimum atomic E-state index is -0.181. The third kappa shape index (κ3) is 3.51. The molecule has 26 heavy (non-hydrogen) atoms. The molecule has 134 valence electrons. The minimum absolute atomic E-state index is 0.0229. The lowest BCUT2D eigenvalue weighted by Crippen LogP contribution is -2.33.